The number of rotatable bonds is 5. The molecule has 0 saturated heterocycles. The number of nitrogens with zero attached hydrogens (tertiary/aromatic N) is 2. The maximum Gasteiger partial charge on any atom is 0.266 e. The zero-order valence-corrected chi connectivity index (χ0v) is 16.8. The molecular weight excluding hydrogens is 374 g/mol. The third kappa shape index (κ3) is 3.91. The van der Waals surface area contributed by atoms with Gasteiger partial charge in [-0.05, 0) is 50.2 Å². The summed E-state index contributed by atoms with van der Waals surface area (Å²) in [4.78, 5) is 31.5. The standard InChI is InChI=1S/C25H21N3O2/c1-17-7-11-19(12-8-17)26-15-21(16-27-20-13-9-18(2)10-14-20)28-24(29)22-5-3-4-6-23(22)25(28)30/h3-16,26H,1-2H3/b21-15+,27-16?. The van der Waals surface area contributed by atoms with Crippen molar-refractivity contribution in [3.05, 3.63) is 107 Å². The Morgan fingerprint density at radius 1 is 0.800 bits per heavy atom. The van der Waals surface area contributed by atoms with Crippen LogP contribution in [0.4, 0.5) is 11.4 Å². The lowest BCUT2D eigenvalue weighted by molar-refractivity contribution is 0.0713. The van der Waals surface area contributed by atoms with Crippen molar-refractivity contribution in [2.24, 2.45) is 4.99 Å². The lowest BCUT2D eigenvalue weighted by atomic mass is 10.1. The number of carbonyl (C=O) groups excluding carboxylic acids is 2. The SMILES string of the molecule is Cc1ccc(N=C/C(=C\Nc2ccc(C)cc2)N2C(=O)c3ccccc3C2=O)cc1. The van der Waals surface area contributed by atoms with Gasteiger partial charge in [-0.2, -0.15) is 0 Å². The maximum absolute atomic E-state index is 12.9. The summed E-state index contributed by atoms with van der Waals surface area (Å²) in [6.45, 7) is 4.02. The molecule has 0 unspecified atom stereocenters. The predicted octanol–water partition coefficient (Wildman–Crippen LogP) is 5.26. The zero-order chi connectivity index (χ0) is 21.1. The van der Waals surface area contributed by atoms with Crippen molar-refractivity contribution in [3.8, 4) is 0 Å². The van der Waals surface area contributed by atoms with E-state index in [0.29, 0.717) is 16.8 Å². The van der Waals surface area contributed by atoms with Gasteiger partial charge in [-0.15, -0.1) is 0 Å². The van der Waals surface area contributed by atoms with Crippen LogP contribution in [0.15, 0.2) is 89.7 Å². The second kappa shape index (κ2) is 8.17. The van der Waals surface area contributed by atoms with Crippen molar-refractivity contribution < 1.29 is 9.59 Å². The molecule has 0 atom stereocenters. The Hall–Kier alpha value is -3.99. The normalized spacial score (nSPS) is 13.8. The van der Waals surface area contributed by atoms with E-state index in [4.69, 9.17) is 0 Å². The molecule has 0 spiro atoms. The van der Waals surface area contributed by atoms with Crippen molar-refractivity contribution >= 4 is 29.4 Å². The summed E-state index contributed by atoms with van der Waals surface area (Å²) in [5.41, 5.74) is 5.01. The molecule has 5 heteroatoms. The molecule has 30 heavy (non-hydrogen) atoms. The molecule has 1 aliphatic heterocycles. The number of hydrogen-bond donors (Lipinski definition) is 1. The number of allylic oxidation sites excluding steroid dienone is 1. The average molecular weight is 395 g/mol. The van der Waals surface area contributed by atoms with Gasteiger partial charge in [-0.1, -0.05) is 47.5 Å². The molecule has 1 N–H and O–H groups in total. The van der Waals surface area contributed by atoms with Gasteiger partial charge in [0.25, 0.3) is 11.8 Å². The Labute approximate surface area is 175 Å². The molecule has 5 nitrogen and oxygen atoms in total. The summed E-state index contributed by atoms with van der Waals surface area (Å²) in [6.07, 6.45) is 3.16. The Morgan fingerprint density at radius 3 is 1.90 bits per heavy atom. The third-order valence-corrected chi connectivity index (χ3v) is 4.87. The molecule has 4 rings (SSSR count). The van der Waals surface area contributed by atoms with E-state index >= 15 is 0 Å². The molecule has 0 fully saturated rings. The zero-order valence-electron chi connectivity index (χ0n) is 16.8. The average Bonchev–Trinajstić information content (AvgIpc) is 3.01. The van der Waals surface area contributed by atoms with Gasteiger partial charge >= 0.3 is 0 Å². The quantitative estimate of drug-likeness (QED) is 0.474. The number of aryl methyl sites for hydroxylation is 2. The van der Waals surface area contributed by atoms with Gasteiger partial charge < -0.3 is 5.32 Å². The fourth-order valence-electron chi connectivity index (χ4n) is 3.16. The number of nitrogens with one attached hydrogen (secondary N) is 1. The Balaban J connectivity index is 1.69. The molecule has 1 aliphatic rings. The van der Waals surface area contributed by atoms with Gasteiger partial charge in [0.15, 0.2) is 0 Å². The first-order chi connectivity index (χ1) is 14.5. The number of amides is 2. The number of anilines is 1. The summed E-state index contributed by atoms with van der Waals surface area (Å²) >= 11 is 0. The number of benzene rings is 3. The van der Waals surface area contributed by atoms with E-state index in [2.05, 4.69) is 10.3 Å². The Morgan fingerprint density at radius 2 is 1.33 bits per heavy atom. The van der Waals surface area contributed by atoms with E-state index in [-0.39, 0.29) is 11.8 Å². The highest BCUT2D eigenvalue weighted by Gasteiger charge is 2.37. The minimum absolute atomic E-state index is 0.358. The number of hydrogen-bond acceptors (Lipinski definition) is 4. The van der Waals surface area contributed by atoms with Gasteiger partial charge in [-0.3, -0.25) is 14.6 Å². The topological polar surface area (TPSA) is 61.8 Å². The largest absolute Gasteiger partial charge is 0.360 e. The number of aliphatic imine (C=N–C) groups is 1. The van der Waals surface area contributed by atoms with Crippen LogP contribution in [0.25, 0.3) is 0 Å². The Kier molecular flexibility index (Phi) is 5.26. The van der Waals surface area contributed by atoms with Crippen molar-refractivity contribution in [1.29, 1.82) is 0 Å². The van der Waals surface area contributed by atoms with Crippen LogP contribution in [0.2, 0.25) is 0 Å². The molecule has 0 aromatic heterocycles. The Bertz CT molecular complexity index is 1120. The van der Waals surface area contributed by atoms with E-state index in [9.17, 15) is 9.59 Å². The van der Waals surface area contributed by atoms with Gasteiger partial charge in [0.2, 0.25) is 0 Å². The van der Waals surface area contributed by atoms with Crippen molar-refractivity contribution in [2.45, 2.75) is 13.8 Å². The van der Waals surface area contributed by atoms with E-state index < -0.39 is 0 Å². The number of carbonyl (C=O) groups is 2. The first-order valence-corrected chi connectivity index (χ1v) is 9.65. The molecule has 0 bridgehead atoms. The second-order valence-electron chi connectivity index (χ2n) is 7.16. The van der Waals surface area contributed by atoms with Crippen LogP contribution in [0.1, 0.15) is 31.8 Å². The summed E-state index contributed by atoms with van der Waals surface area (Å²) in [5, 5.41) is 3.16. The molecule has 3 aromatic carbocycles. The van der Waals surface area contributed by atoms with Gasteiger partial charge in [0.05, 0.1) is 28.7 Å². The molecular formula is C25H21N3O2. The first-order valence-electron chi connectivity index (χ1n) is 9.65. The van der Waals surface area contributed by atoms with Crippen LogP contribution < -0.4 is 5.32 Å². The third-order valence-electron chi connectivity index (χ3n) is 4.87. The fourth-order valence-corrected chi connectivity index (χ4v) is 3.16. The highest BCUT2D eigenvalue weighted by molar-refractivity contribution is 6.24. The van der Waals surface area contributed by atoms with Crippen LogP contribution >= 0.6 is 0 Å². The van der Waals surface area contributed by atoms with E-state index in [1.807, 2.05) is 62.4 Å². The molecule has 0 saturated carbocycles. The molecule has 0 radical (unpaired) electrons. The van der Waals surface area contributed by atoms with Gasteiger partial charge in [0.1, 0.15) is 0 Å². The summed E-state index contributed by atoms with van der Waals surface area (Å²) in [6, 6.07) is 22.4. The van der Waals surface area contributed by atoms with Crippen LogP contribution in [-0.2, 0) is 0 Å². The minimum atomic E-state index is -0.358. The van der Waals surface area contributed by atoms with Gasteiger partial charge in [-0.25, -0.2) is 4.90 Å². The van der Waals surface area contributed by atoms with Crippen molar-refractivity contribution in [1.82, 2.24) is 4.90 Å². The van der Waals surface area contributed by atoms with Crippen LogP contribution in [0, 0.1) is 13.8 Å². The summed E-state index contributed by atoms with van der Waals surface area (Å²) < 4.78 is 0. The fraction of sp³-hybridized carbons (Fsp3) is 0.0800. The smallest absolute Gasteiger partial charge is 0.266 e. The first kappa shape index (κ1) is 19.3. The number of fused-ring (bicyclic) bond motifs is 1. The van der Waals surface area contributed by atoms with Crippen molar-refractivity contribution in [3.63, 3.8) is 0 Å². The van der Waals surface area contributed by atoms with Crippen molar-refractivity contribution in [2.75, 3.05) is 5.32 Å². The molecule has 3 aromatic rings. The number of imide groups is 1. The monoisotopic (exact) mass is 395 g/mol. The second-order valence-corrected chi connectivity index (χ2v) is 7.16. The highest BCUT2D eigenvalue weighted by Crippen LogP contribution is 2.26. The molecule has 0 aliphatic carbocycles. The van der Waals surface area contributed by atoms with Crippen LogP contribution in [-0.4, -0.2) is 22.9 Å². The highest BCUT2D eigenvalue weighted by atomic mass is 16.2. The minimum Gasteiger partial charge on any atom is -0.360 e. The van der Waals surface area contributed by atoms with E-state index in [1.54, 1.807) is 30.5 Å². The molecule has 2 amide bonds. The summed E-state index contributed by atoms with van der Waals surface area (Å²) in [7, 11) is 0. The summed E-state index contributed by atoms with van der Waals surface area (Å²) in [5.74, 6) is -0.717. The van der Waals surface area contributed by atoms with E-state index in [1.165, 1.54) is 6.21 Å². The lowest BCUT2D eigenvalue weighted by Crippen LogP contribution is -2.30. The molecule has 1 heterocycles. The molecule has 148 valence electrons. The van der Waals surface area contributed by atoms with Crippen LogP contribution in [0.5, 0.6) is 0 Å². The lowest BCUT2D eigenvalue weighted by Gasteiger charge is -2.15. The van der Waals surface area contributed by atoms with Gasteiger partial charge in [0, 0.05) is 11.9 Å². The maximum atomic E-state index is 12.9. The van der Waals surface area contributed by atoms with E-state index in [0.717, 1.165) is 27.4 Å². The predicted molar refractivity (Wildman–Crippen MR) is 119 cm³/mol. The van der Waals surface area contributed by atoms with Crippen LogP contribution in [0.3, 0.4) is 0 Å².